The highest BCUT2D eigenvalue weighted by molar-refractivity contribution is 8.00. The highest BCUT2D eigenvalue weighted by Crippen LogP contribution is 2.39. The number of aromatic nitrogens is 2. The average Bonchev–Trinajstić information content (AvgIpc) is 3.06. The van der Waals surface area contributed by atoms with E-state index in [1.165, 1.54) is 35.0 Å². The van der Waals surface area contributed by atoms with Gasteiger partial charge in [-0.15, -0.1) is 11.3 Å². The molecule has 1 N–H and O–H groups in total. The molecule has 26 heavy (non-hydrogen) atoms. The second-order valence-corrected chi connectivity index (χ2v) is 8.11. The van der Waals surface area contributed by atoms with Crippen LogP contribution < -0.4 is 5.32 Å². The van der Waals surface area contributed by atoms with Crippen molar-refractivity contribution in [2.75, 3.05) is 11.1 Å². The van der Waals surface area contributed by atoms with Crippen molar-refractivity contribution in [1.29, 1.82) is 5.26 Å². The number of thiophene rings is 1. The number of nitrogens with one attached hydrogen (secondary N) is 1. The largest absolute Gasteiger partial charge is 0.324 e. The minimum Gasteiger partial charge on any atom is -0.324 e. The van der Waals surface area contributed by atoms with Crippen LogP contribution in [0.4, 0.5) is 5.69 Å². The van der Waals surface area contributed by atoms with Gasteiger partial charge in [-0.05, 0) is 43.4 Å². The summed E-state index contributed by atoms with van der Waals surface area (Å²) in [6.07, 6.45) is 6.19. The molecule has 130 valence electrons. The van der Waals surface area contributed by atoms with Gasteiger partial charge in [0.2, 0.25) is 5.91 Å². The molecule has 0 radical (unpaired) electrons. The van der Waals surface area contributed by atoms with Crippen molar-refractivity contribution in [3.63, 3.8) is 0 Å². The Morgan fingerprint density at radius 2 is 2.12 bits per heavy atom. The Morgan fingerprint density at radius 1 is 1.27 bits per heavy atom. The number of hydrogen-bond acceptors (Lipinski definition) is 6. The molecule has 2 heterocycles. The fourth-order valence-electron chi connectivity index (χ4n) is 3.18. The van der Waals surface area contributed by atoms with Gasteiger partial charge in [-0.1, -0.05) is 23.9 Å². The van der Waals surface area contributed by atoms with Crippen molar-refractivity contribution in [2.45, 2.75) is 30.7 Å². The Kier molecular flexibility index (Phi) is 4.87. The quantitative estimate of drug-likeness (QED) is 0.543. The number of carbonyl (C=O) groups is 1. The second kappa shape index (κ2) is 7.44. The fourth-order valence-corrected chi connectivity index (χ4v) is 5.30. The van der Waals surface area contributed by atoms with Crippen molar-refractivity contribution in [1.82, 2.24) is 9.97 Å². The number of amides is 1. The second-order valence-electron chi connectivity index (χ2n) is 6.06. The predicted molar refractivity (Wildman–Crippen MR) is 105 cm³/mol. The van der Waals surface area contributed by atoms with Gasteiger partial charge < -0.3 is 5.32 Å². The van der Waals surface area contributed by atoms with Gasteiger partial charge in [0.05, 0.1) is 17.0 Å². The molecule has 0 unspecified atom stereocenters. The third-order valence-corrected chi connectivity index (χ3v) is 6.57. The van der Waals surface area contributed by atoms with Crippen LogP contribution >= 0.6 is 23.1 Å². The molecule has 1 aromatic carbocycles. The number of aryl methyl sites for hydroxylation is 2. The minimum absolute atomic E-state index is 0.145. The molecule has 1 aliphatic rings. The predicted octanol–water partition coefficient (Wildman–Crippen LogP) is 4.17. The van der Waals surface area contributed by atoms with Crippen LogP contribution in [0.5, 0.6) is 0 Å². The molecule has 4 rings (SSSR count). The Labute approximate surface area is 159 Å². The lowest BCUT2D eigenvalue weighted by Crippen LogP contribution is -2.15. The summed E-state index contributed by atoms with van der Waals surface area (Å²) < 4.78 is 0. The van der Waals surface area contributed by atoms with Crippen LogP contribution in [0.1, 0.15) is 28.8 Å². The molecule has 0 aliphatic heterocycles. The zero-order chi connectivity index (χ0) is 17.9. The van der Waals surface area contributed by atoms with E-state index in [-0.39, 0.29) is 11.7 Å². The van der Waals surface area contributed by atoms with Gasteiger partial charge >= 0.3 is 0 Å². The molecule has 0 fully saturated rings. The van der Waals surface area contributed by atoms with Crippen molar-refractivity contribution >= 4 is 44.9 Å². The van der Waals surface area contributed by atoms with E-state index in [1.807, 2.05) is 0 Å². The molecular weight excluding hydrogens is 364 g/mol. The number of thioether (sulfide) groups is 1. The molecule has 5 nitrogen and oxygen atoms in total. The van der Waals surface area contributed by atoms with E-state index in [0.29, 0.717) is 11.3 Å². The molecule has 1 aliphatic carbocycles. The van der Waals surface area contributed by atoms with E-state index in [9.17, 15) is 4.79 Å². The summed E-state index contributed by atoms with van der Waals surface area (Å²) in [4.78, 5) is 23.6. The van der Waals surface area contributed by atoms with E-state index in [4.69, 9.17) is 5.26 Å². The van der Waals surface area contributed by atoms with Crippen LogP contribution in [0.15, 0.2) is 35.6 Å². The van der Waals surface area contributed by atoms with Crippen LogP contribution in [0.3, 0.4) is 0 Å². The van der Waals surface area contributed by atoms with Gasteiger partial charge in [0.25, 0.3) is 0 Å². The smallest absolute Gasteiger partial charge is 0.234 e. The van der Waals surface area contributed by atoms with Crippen LogP contribution in [0.25, 0.3) is 10.2 Å². The Morgan fingerprint density at radius 3 is 3.00 bits per heavy atom. The molecule has 0 bridgehead atoms. The van der Waals surface area contributed by atoms with Gasteiger partial charge in [0, 0.05) is 10.3 Å². The number of anilines is 1. The Hall–Kier alpha value is -2.43. The van der Waals surface area contributed by atoms with Gasteiger partial charge in [-0.2, -0.15) is 5.26 Å². The molecule has 0 saturated heterocycles. The summed E-state index contributed by atoms with van der Waals surface area (Å²) in [6.45, 7) is 0. The summed E-state index contributed by atoms with van der Waals surface area (Å²) in [6, 6.07) is 9.09. The lowest BCUT2D eigenvalue weighted by molar-refractivity contribution is -0.113. The first-order valence-electron chi connectivity index (χ1n) is 8.43. The van der Waals surface area contributed by atoms with Gasteiger partial charge in [0.15, 0.2) is 0 Å². The van der Waals surface area contributed by atoms with E-state index in [0.717, 1.165) is 28.1 Å². The third kappa shape index (κ3) is 3.30. The van der Waals surface area contributed by atoms with Crippen LogP contribution in [0.2, 0.25) is 0 Å². The molecule has 2 aromatic heterocycles. The molecule has 0 saturated carbocycles. The van der Waals surface area contributed by atoms with E-state index in [1.54, 1.807) is 41.9 Å². The number of nitrogens with zero attached hydrogens (tertiary/aromatic N) is 3. The number of carbonyl (C=O) groups excluding carboxylic acids is 1. The summed E-state index contributed by atoms with van der Waals surface area (Å²) in [5, 5.41) is 13.9. The molecule has 7 heteroatoms. The number of benzene rings is 1. The summed E-state index contributed by atoms with van der Waals surface area (Å²) in [7, 11) is 0. The minimum atomic E-state index is -0.145. The number of hydrogen-bond donors (Lipinski definition) is 1. The molecular formula is C19H16N4OS2. The maximum Gasteiger partial charge on any atom is 0.234 e. The fraction of sp³-hybridized carbons (Fsp3) is 0.263. The zero-order valence-electron chi connectivity index (χ0n) is 14.0. The lowest BCUT2D eigenvalue weighted by Gasteiger charge is -2.11. The normalized spacial score (nSPS) is 13.2. The first-order chi connectivity index (χ1) is 12.8. The standard InChI is InChI=1S/C19H16N4OS2/c20-9-12-5-1-3-7-14(12)23-16(24)10-25-18-17-13-6-2-4-8-15(13)26-19(17)22-11-21-18/h1,3,5,7,11H,2,4,6,8,10H2,(H,23,24). The number of fused-ring (bicyclic) bond motifs is 3. The average molecular weight is 380 g/mol. The first kappa shape index (κ1) is 17.0. The highest BCUT2D eigenvalue weighted by Gasteiger charge is 2.20. The maximum absolute atomic E-state index is 12.3. The monoisotopic (exact) mass is 380 g/mol. The molecule has 1 amide bonds. The molecule has 3 aromatic rings. The maximum atomic E-state index is 12.3. The lowest BCUT2D eigenvalue weighted by atomic mass is 9.97. The highest BCUT2D eigenvalue weighted by atomic mass is 32.2. The van der Waals surface area contributed by atoms with E-state index >= 15 is 0 Å². The van der Waals surface area contributed by atoms with Crippen molar-refractivity contribution < 1.29 is 4.79 Å². The van der Waals surface area contributed by atoms with Crippen LogP contribution in [-0.2, 0) is 17.6 Å². The Balaban J connectivity index is 1.52. The van der Waals surface area contributed by atoms with Crippen molar-refractivity contribution in [3.05, 3.63) is 46.6 Å². The SMILES string of the molecule is N#Cc1ccccc1NC(=O)CSc1ncnc2sc3c(c12)CCCC3. The number of para-hydroxylation sites is 1. The van der Waals surface area contributed by atoms with Crippen molar-refractivity contribution in [3.8, 4) is 6.07 Å². The number of nitriles is 1. The van der Waals surface area contributed by atoms with Gasteiger partial charge in [-0.3, -0.25) is 4.79 Å². The van der Waals surface area contributed by atoms with Crippen LogP contribution in [-0.4, -0.2) is 21.6 Å². The first-order valence-corrected chi connectivity index (χ1v) is 10.2. The van der Waals surface area contributed by atoms with E-state index < -0.39 is 0 Å². The number of rotatable bonds is 4. The zero-order valence-corrected chi connectivity index (χ0v) is 15.6. The Bertz CT molecular complexity index is 1020. The summed E-state index contributed by atoms with van der Waals surface area (Å²) in [5.41, 5.74) is 2.37. The van der Waals surface area contributed by atoms with Gasteiger partial charge in [0.1, 0.15) is 22.3 Å². The topological polar surface area (TPSA) is 78.7 Å². The molecule has 0 spiro atoms. The van der Waals surface area contributed by atoms with Crippen LogP contribution in [0, 0.1) is 11.3 Å². The molecule has 0 atom stereocenters. The van der Waals surface area contributed by atoms with Crippen molar-refractivity contribution in [2.24, 2.45) is 0 Å². The van der Waals surface area contributed by atoms with Gasteiger partial charge in [-0.25, -0.2) is 9.97 Å². The third-order valence-electron chi connectivity index (χ3n) is 4.38. The summed E-state index contributed by atoms with van der Waals surface area (Å²) in [5.74, 6) is 0.102. The van der Waals surface area contributed by atoms with E-state index in [2.05, 4.69) is 21.4 Å². The summed E-state index contributed by atoms with van der Waals surface area (Å²) >= 11 is 3.18.